The standard InChI is InChI=1S/C30H35N5O3/c1-30-21(17-31-18-22-7-3-13-32-22)6-2-10-28(30)35(29(36)38-20-24-9-5-15-34-24)27-16-25(11-12-26(27)30)37-19-23-8-4-14-33-23/h3-5,7-9,11-16,21,28,31-34H,2,6,10,17-20H2,1H3/t21-,28-,30-/m1/s1. The van der Waals surface area contributed by atoms with Crippen molar-refractivity contribution >= 4 is 11.8 Å². The SMILES string of the molecule is C[C@@]12c3ccc(OCc4ccc[nH]4)cc3N(C(=O)OCc3ccc[nH]3)[C@@H]1CCC[C@@H]2CNCc1ccc[nH]1. The number of H-pyrrole nitrogens is 3. The van der Waals surface area contributed by atoms with Crippen LogP contribution in [0.4, 0.5) is 10.5 Å². The molecular weight excluding hydrogens is 478 g/mol. The number of fused-ring (bicyclic) bond motifs is 3. The normalized spacial score (nSPS) is 22.2. The topological polar surface area (TPSA) is 98.2 Å². The predicted molar refractivity (Wildman–Crippen MR) is 146 cm³/mol. The summed E-state index contributed by atoms with van der Waals surface area (Å²) in [6, 6.07) is 18.1. The van der Waals surface area contributed by atoms with Gasteiger partial charge in [-0.15, -0.1) is 0 Å². The highest BCUT2D eigenvalue weighted by molar-refractivity contribution is 5.93. The second kappa shape index (κ2) is 10.5. The fourth-order valence-electron chi connectivity index (χ4n) is 6.33. The van der Waals surface area contributed by atoms with Crippen molar-refractivity contribution in [2.24, 2.45) is 5.92 Å². The van der Waals surface area contributed by atoms with E-state index < -0.39 is 0 Å². The summed E-state index contributed by atoms with van der Waals surface area (Å²) >= 11 is 0. The van der Waals surface area contributed by atoms with Crippen LogP contribution in [0.15, 0.2) is 73.2 Å². The highest BCUT2D eigenvalue weighted by Crippen LogP contribution is 2.55. The Bertz CT molecular complexity index is 1330. The fourth-order valence-corrected chi connectivity index (χ4v) is 6.33. The lowest BCUT2D eigenvalue weighted by Crippen LogP contribution is -2.54. The minimum Gasteiger partial charge on any atom is -0.487 e. The van der Waals surface area contributed by atoms with Crippen molar-refractivity contribution in [3.8, 4) is 5.75 Å². The lowest BCUT2D eigenvalue weighted by Gasteiger charge is -2.45. The number of nitrogens with zero attached hydrogens (tertiary/aromatic N) is 1. The molecule has 2 aliphatic rings. The van der Waals surface area contributed by atoms with Crippen molar-refractivity contribution in [3.05, 3.63) is 95.8 Å². The lowest BCUT2D eigenvalue weighted by atomic mass is 9.62. The number of nitrogens with one attached hydrogen (secondary N) is 4. The molecule has 0 spiro atoms. The van der Waals surface area contributed by atoms with Crippen LogP contribution in [0.25, 0.3) is 0 Å². The Balaban J connectivity index is 1.27. The minimum atomic E-state index is -0.309. The minimum absolute atomic E-state index is 0.0262. The number of carbonyl (C=O) groups excluding carboxylic acids is 1. The summed E-state index contributed by atoms with van der Waals surface area (Å²) in [6.07, 6.45) is 8.49. The number of hydrogen-bond donors (Lipinski definition) is 4. The summed E-state index contributed by atoms with van der Waals surface area (Å²) in [5, 5.41) is 3.66. The Hall–Kier alpha value is -3.91. The first-order chi connectivity index (χ1) is 18.6. The summed E-state index contributed by atoms with van der Waals surface area (Å²) in [5.74, 6) is 1.12. The molecule has 1 amide bonds. The molecule has 3 atom stereocenters. The van der Waals surface area contributed by atoms with Gasteiger partial charge < -0.3 is 29.7 Å². The van der Waals surface area contributed by atoms with Crippen LogP contribution in [0, 0.1) is 5.92 Å². The molecule has 3 aromatic heterocycles. The molecule has 0 saturated heterocycles. The molecule has 1 aliphatic carbocycles. The number of amides is 1. The van der Waals surface area contributed by atoms with Crippen LogP contribution in [0.3, 0.4) is 0 Å². The number of benzene rings is 1. The van der Waals surface area contributed by atoms with Crippen LogP contribution in [0.1, 0.15) is 48.8 Å². The highest BCUT2D eigenvalue weighted by Gasteiger charge is 2.55. The van der Waals surface area contributed by atoms with Gasteiger partial charge in [0, 0.05) is 42.3 Å². The molecule has 1 fully saturated rings. The zero-order valence-corrected chi connectivity index (χ0v) is 21.7. The van der Waals surface area contributed by atoms with Gasteiger partial charge in [0.25, 0.3) is 0 Å². The van der Waals surface area contributed by atoms with Gasteiger partial charge in [-0.05, 0) is 73.3 Å². The van der Waals surface area contributed by atoms with Gasteiger partial charge in [-0.3, -0.25) is 4.90 Å². The lowest BCUT2D eigenvalue weighted by molar-refractivity contribution is 0.129. The maximum absolute atomic E-state index is 13.7. The van der Waals surface area contributed by atoms with E-state index in [-0.39, 0.29) is 24.2 Å². The van der Waals surface area contributed by atoms with Crippen molar-refractivity contribution in [1.29, 1.82) is 0 Å². The largest absolute Gasteiger partial charge is 0.487 e. The summed E-state index contributed by atoms with van der Waals surface area (Å²) in [6.45, 7) is 4.65. The van der Waals surface area contributed by atoms with Crippen molar-refractivity contribution in [2.45, 2.75) is 57.4 Å². The summed E-state index contributed by atoms with van der Waals surface area (Å²) in [4.78, 5) is 25.1. The van der Waals surface area contributed by atoms with E-state index in [1.54, 1.807) is 0 Å². The van der Waals surface area contributed by atoms with E-state index in [2.05, 4.69) is 39.3 Å². The molecular formula is C30H35N5O3. The Labute approximate surface area is 222 Å². The Morgan fingerprint density at radius 2 is 1.68 bits per heavy atom. The molecule has 4 heterocycles. The van der Waals surface area contributed by atoms with E-state index in [9.17, 15) is 4.79 Å². The number of carbonyl (C=O) groups is 1. The quantitative estimate of drug-likeness (QED) is 0.233. The molecule has 1 aliphatic heterocycles. The molecule has 8 nitrogen and oxygen atoms in total. The molecule has 0 unspecified atom stereocenters. The maximum Gasteiger partial charge on any atom is 0.414 e. The highest BCUT2D eigenvalue weighted by atomic mass is 16.6. The van der Waals surface area contributed by atoms with Crippen molar-refractivity contribution in [2.75, 3.05) is 11.4 Å². The van der Waals surface area contributed by atoms with Crippen LogP contribution in [0.5, 0.6) is 5.75 Å². The summed E-state index contributed by atoms with van der Waals surface area (Å²) in [5.41, 5.74) is 4.94. The molecule has 1 saturated carbocycles. The van der Waals surface area contributed by atoms with Crippen LogP contribution >= 0.6 is 0 Å². The average molecular weight is 514 g/mol. The van der Waals surface area contributed by atoms with Gasteiger partial charge in [0.15, 0.2) is 0 Å². The van der Waals surface area contributed by atoms with Crippen LogP contribution in [-0.2, 0) is 29.9 Å². The summed E-state index contributed by atoms with van der Waals surface area (Å²) in [7, 11) is 0. The predicted octanol–water partition coefficient (Wildman–Crippen LogP) is 5.62. The monoisotopic (exact) mass is 513 g/mol. The van der Waals surface area contributed by atoms with Gasteiger partial charge in [0.05, 0.1) is 23.1 Å². The number of aromatic nitrogens is 3. The van der Waals surface area contributed by atoms with Gasteiger partial charge >= 0.3 is 6.09 Å². The van der Waals surface area contributed by atoms with Crippen molar-refractivity contribution in [3.63, 3.8) is 0 Å². The van der Waals surface area contributed by atoms with E-state index >= 15 is 0 Å². The molecule has 0 radical (unpaired) electrons. The second-order valence-electron chi connectivity index (χ2n) is 10.5. The van der Waals surface area contributed by atoms with E-state index in [0.717, 1.165) is 55.2 Å². The smallest absolute Gasteiger partial charge is 0.414 e. The number of anilines is 1. The molecule has 8 heteroatoms. The second-order valence-corrected chi connectivity index (χ2v) is 10.5. The third-order valence-corrected chi connectivity index (χ3v) is 8.33. The van der Waals surface area contributed by atoms with Crippen molar-refractivity contribution in [1.82, 2.24) is 20.3 Å². The van der Waals surface area contributed by atoms with Gasteiger partial charge in [-0.1, -0.05) is 19.4 Å². The third-order valence-electron chi connectivity index (χ3n) is 8.33. The molecule has 6 rings (SSSR count). The number of aromatic amines is 3. The first-order valence-corrected chi connectivity index (χ1v) is 13.4. The molecule has 38 heavy (non-hydrogen) atoms. The summed E-state index contributed by atoms with van der Waals surface area (Å²) < 4.78 is 11.9. The van der Waals surface area contributed by atoms with Crippen LogP contribution in [-0.4, -0.2) is 33.6 Å². The zero-order valence-electron chi connectivity index (χ0n) is 21.7. The maximum atomic E-state index is 13.7. The van der Waals surface area contributed by atoms with Gasteiger partial charge in [-0.25, -0.2) is 4.79 Å². The Kier molecular flexibility index (Phi) is 6.72. The van der Waals surface area contributed by atoms with Gasteiger partial charge in [-0.2, -0.15) is 0 Å². The Morgan fingerprint density at radius 3 is 2.39 bits per heavy atom. The molecule has 1 aromatic carbocycles. The zero-order chi connectivity index (χ0) is 26.0. The van der Waals surface area contributed by atoms with E-state index in [1.165, 1.54) is 11.3 Å². The molecule has 0 bridgehead atoms. The number of ether oxygens (including phenoxy) is 2. The van der Waals surface area contributed by atoms with Crippen molar-refractivity contribution < 1.29 is 14.3 Å². The number of hydrogen-bond acceptors (Lipinski definition) is 4. The average Bonchev–Trinajstić information content (AvgIpc) is 3.74. The molecule has 4 aromatic rings. The van der Waals surface area contributed by atoms with Gasteiger partial charge in [0.1, 0.15) is 19.0 Å². The molecule has 4 N–H and O–H groups in total. The van der Waals surface area contributed by atoms with E-state index in [0.29, 0.717) is 12.5 Å². The first-order valence-electron chi connectivity index (χ1n) is 13.4. The number of rotatable bonds is 9. The van der Waals surface area contributed by atoms with Crippen LogP contribution < -0.4 is 15.0 Å². The molecule has 198 valence electrons. The fraction of sp³-hybridized carbons (Fsp3) is 0.367. The van der Waals surface area contributed by atoms with E-state index in [4.69, 9.17) is 9.47 Å². The first kappa shape index (κ1) is 24.4. The van der Waals surface area contributed by atoms with Gasteiger partial charge in [0.2, 0.25) is 0 Å². The van der Waals surface area contributed by atoms with E-state index in [1.807, 2.05) is 66.0 Å². The van der Waals surface area contributed by atoms with Crippen LogP contribution in [0.2, 0.25) is 0 Å². The Morgan fingerprint density at radius 1 is 0.974 bits per heavy atom. The third kappa shape index (κ3) is 4.60.